The maximum atomic E-state index is 6.02. The molecule has 1 aromatic heterocycles. The zero-order chi connectivity index (χ0) is 11.7. The first-order chi connectivity index (χ1) is 8.33. The molecule has 0 bridgehead atoms. The Hall–Kier alpha value is -1.55. The predicted octanol–water partition coefficient (Wildman–Crippen LogP) is 2.74. The molecule has 1 fully saturated rings. The molecule has 0 saturated heterocycles. The Bertz CT molecular complexity index is 505. The van der Waals surface area contributed by atoms with Gasteiger partial charge in [0.15, 0.2) is 0 Å². The van der Waals surface area contributed by atoms with E-state index in [1.165, 1.54) is 19.2 Å². The summed E-state index contributed by atoms with van der Waals surface area (Å²) in [5.41, 5.74) is 1.99. The van der Waals surface area contributed by atoms with E-state index in [1.807, 2.05) is 18.2 Å². The molecule has 1 saturated carbocycles. The second-order valence-electron chi connectivity index (χ2n) is 4.33. The van der Waals surface area contributed by atoms with Gasteiger partial charge in [-0.2, -0.15) is 5.10 Å². The standard InChI is InChI=1S/C12H13ClN4/c13-10-3-4-12(17-8-14-7-16-17)11(5-10)15-6-9-1-2-9/h3-5,7-9,15H,1-2,6H2. The van der Waals surface area contributed by atoms with Crippen LogP contribution in [0.3, 0.4) is 0 Å². The topological polar surface area (TPSA) is 42.7 Å². The molecule has 88 valence electrons. The average Bonchev–Trinajstić information content (AvgIpc) is 3.00. The Morgan fingerprint density at radius 2 is 2.29 bits per heavy atom. The number of aromatic nitrogens is 3. The quantitative estimate of drug-likeness (QED) is 0.905. The van der Waals surface area contributed by atoms with E-state index in [0.717, 1.165) is 28.9 Å². The van der Waals surface area contributed by atoms with Crippen LogP contribution < -0.4 is 5.32 Å². The van der Waals surface area contributed by atoms with Gasteiger partial charge in [0, 0.05) is 11.6 Å². The Morgan fingerprint density at radius 1 is 1.41 bits per heavy atom. The first-order valence-electron chi connectivity index (χ1n) is 5.71. The molecule has 4 nitrogen and oxygen atoms in total. The van der Waals surface area contributed by atoms with E-state index in [4.69, 9.17) is 11.6 Å². The van der Waals surface area contributed by atoms with Crippen molar-refractivity contribution < 1.29 is 0 Å². The summed E-state index contributed by atoms with van der Waals surface area (Å²) in [7, 11) is 0. The Kier molecular flexibility index (Phi) is 2.73. The van der Waals surface area contributed by atoms with E-state index in [1.54, 1.807) is 11.0 Å². The molecule has 0 unspecified atom stereocenters. The number of benzene rings is 1. The fourth-order valence-corrected chi connectivity index (χ4v) is 1.93. The molecular formula is C12H13ClN4. The van der Waals surface area contributed by atoms with Gasteiger partial charge >= 0.3 is 0 Å². The number of rotatable bonds is 4. The number of hydrogen-bond donors (Lipinski definition) is 1. The third-order valence-corrected chi connectivity index (χ3v) is 3.14. The van der Waals surface area contributed by atoms with Crippen molar-refractivity contribution in [3.63, 3.8) is 0 Å². The Morgan fingerprint density at radius 3 is 3.00 bits per heavy atom. The lowest BCUT2D eigenvalue weighted by Crippen LogP contribution is -2.07. The highest BCUT2D eigenvalue weighted by Crippen LogP contribution is 2.30. The number of anilines is 1. The lowest BCUT2D eigenvalue weighted by Gasteiger charge is -2.11. The van der Waals surface area contributed by atoms with E-state index in [9.17, 15) is 0 Å². The number of nitrogens with zero attached hydrogens (tertiary/aromatic N) is 3. The molecule has 0 radical (unpaired) electrons. The average molecular weight is 249 g/mol. The highest BCUT2D eigenvalue weighted by molar-refractivity contribution is 6.31. The van der Waals surface area contributed by atoms with Gasteiger partial charge in [0.2, 0.25) is 0 Å². The predicted molar refractivity (Wildman–Crippen MR) is 67.6 cm³/mol. The summed E-state index contributed by atoms with van der Waals surface area (Å²) in [6, 6.07) is 5.74. The Labute approximate surface area is 105 Å². The number of halogens is 1. The molecule has 1 aliphatic carbocycles. The zero-order valence-electron chi connectivity index (χ0n) is 9.31. The third kappa shape index (κ3) is 2.42. The second-order valence-corrected chi connectivity index (χ2v) is 4.76. The maximum absolute atomic E-state index is 6.02. The fourth-order valence-electron chi connectivity index (χ4n) is 1.76. The normalized spacial score (nSPS) is 14.9. The number of nitrogens with one attached hydrogen (secondary N) is 1. The third-order valence-electron chi connectivity index (χ3n) is 2.90. The first-order valence-corrected chi connectivity index (χ1v) is 6.09. The molecule has 2 aromatic rings. The summed E-state index contributed by atoms with van der Waals surface area (Å²) in [6.07, 6.45) is 5.86. The van der Waals surface area contributed by atoms with Crippen LogP contribution in [-0.4, -0.2) is 21.3 Å². The fraction of sp³-hybridized carbons (Fsp3) is 0.333. The molecule has 1 aromatic carbocycles. The van der Waals surface area contributed by atoms with Crippen molar-refractivity contribution in [1.29, 1.82) is 0 Å². The van der Waals surface area contributed by atoms with Crippen molar-refractivity contribution in [2.24, 2.45) is 5.92 Å². The molecular weight excluding hydrogens is 236 g/mol. The molecule has 5 heteroatoms. The SMILES string of the molecule is Clc1ccc(-n2cncn2)c(NCC2CC2)c1. The van der Waals surface area contributed by atoms with Gasteiger partial charge in [-0.1, -0.05) is 11.6 Å². The summed E-state index contributed by atoms with van der Waals surface area (Å²) < 4.78 is 1.74. The molecule has 17 heavy (non-hydrogen) atoms. The Balaban J connectivity index is 1.89. The van der Waals surface area contributed by atoms with Crippen LogP contribution in [-0.2, 0) is 0 Å². The van der Waals surface area contributed by atoms with E-state index >= 15 is 0 Å². The molecule has 1 N–H and O–H groups in total. The molecule has 3 rings (SSSR count). The molecule has 0 aliphatic heterocycles. The van der Waals surface area contributed by atoms with Gasteiger partial charge in [-0.3, -0.25) is 0 Å². The molecule has 1 heterocycles. The van der Waals surface area contributed by atoms with Gasteiger partial charge in [-0.15, -0.1) is 0 Å². The van der Waals surface area contributed by atoms with Crippen molar-refractivity contribution in [3.8, 4) is 5.69 Å². The highest BCUT2D eigenvalue weighted by atomic mass is 35.5. The largest absolute Gasteiger partial charge is 0.383 e. The summed E-state index contributed by atoms with van der Waals surface area (Å²) in [5, 5.41) is 8.30. The van der Waals surface area contributed by atoms with Crippen LogP contribution in [0.4, 0.5) is 5.69 Å². The van der Waals surface area contributed by atoms with Gasteiger partial charge in [0.1, 0.15) is 12.7 Å². The van der Waals surface area contributed by atoms with Gasteiger partial charge < -0.3 is 5.32 Å². The van der Waals surface area contributed by atoms with Gasteiger partial charge in [0.05, 0.1) is 11.4 Å². The second kappa shape index (κ2) is 4.37. The van der Waals surface area contributed by atoms with Crippen molar-refractivity contribution in [2.75, 3.05) is 11.9 Å². The van der Waals surface area contributed by atoms with Crippen LogP contribution in [0.15, 0.2) is 30.9 Å². The maximum Gasteiger partial charge on any atom is 0.138 e. The van der Waals surface area contributed by atoms with E-state index in [2.05, 4.69) is 15.4 Å². The zero-order valence-corrected chi connectivity index (χ0v) is 10.1. The smallest absolute Gasteiger partial charge is 0.138 e. The van der Waals surface area contributed by atoms with Crippen LogP contribution in [0.5, 0.6) is 0 Å². The minimum atomic E-state index is 0.729. The van der Waals surface area contributed by atoms with Gasteiger partial charge in [-0.05, 0) is 37.0 Å². The highest BCUT2D eigenvalue weighted by Gasteiger charge is 2.21. The van der Waals surface area contributed by atoms with Crippen LogP contribution >= 0.6 is 11.6 Å². The van der Waals surface area contributed by atoms with Crippen LogP contribution in [0.1, 0.15) is 12.8 Å². The van der Waals surface area contributed by atoms with Crippen molar-refractivity contribution >= 4 is 17.3 Å². The van der Waals surface area contributed by atoms with E-state index < -0.39 is 0 Å². The van der Waals surface area contributed by atoms with Crippen LogP contribution in [0.2, 0.25) is 5.02 Å². The lowest BCUT2D eigenvalue weighted by atomic mass is 10.2. The summed E-state index contributed by atoms with van der Waals surface area (Å²) in [6.45, 7) is 1.00. The van der Waals surface area contributed by atoms with E-state index in [0.29, 0.717) is 0 Å². The minimum absolute atomic E-state index is 0.729. The lowest BCUT2D eigenvalue weighted by molar-refractivity contribution is 0.861. The van der Waals surface area contributed by atoms with Crippen molar-refractivity contribution in [1.82, 2.24) is 14.8 Å². The molecule has 0 atom stereocenters. The minimum Gasteiger partial charge on any atom is -0.383 e. The van der Waals surface area contributed by atoms with Gasteiger partial charge in [0.25, 0.3) is 0 Å². The summed E-state index contributed by atoms with van der Waals surface area (Å²) >= 11 is 6.02. The molecule has 0 amide bonds. The monoisotopic (exact) mass is 248 g/mol. The van der Waals surface area contributed by atoms with Crippen molar-refractivity contribution in [3.05, 3.63) is 35.9 Å². The van der Waals surface area contributed by atoms with Crippen LogP contribution in [0.25, 0.3) is 5.69 Å². The van der Waals surface area contributed by atoms with Crippen LogP contribution in [0, 0.1) is 5.92 Å². The van der Waals surface area contributed by atoms with E-state index in [-0.39, 0.29) is 0 Å². The summed E-state index contributed by atoms with van der Waals surface area (Å²) in [5.74, 6) is 0.817. The molecule has 0 spiro atoms. The van der Waals surface area contributed by atoms with Gasteiger partial charge in [-0.25, -0.2) is 9.67 Å². The summed E-state index contributed by atoms with van der Waals surface area (Å²) in [4.78, 5) is 3.96. The first kappa shape index (κ1) is 10.6. The number of hydrogen-bond acceptors (Lipinski definition) is 3. The van der Waals surface area contributed by atoms with Crippen molar-refractivity contribution in [2.45, 2.75) is 12.8 Å². The molecule has 1 aliphatic rings.